The van der Waals surface area contributed by atoms with Crippen LogP contribution >= 0.6 is 0 Å². The average molecular weight is 317 g/mol. The molecule has 0 saturated carbocycles. The summed E-state index contributed by atoms with van der Waals surface area (Å²) >= 11 is 0. The van der Waals surface area contributed by atoms with E-state index < -0.39 is 0 Å². The van der Waals surface area contributed by atoms with Crippen molar-refractivity contribution < 1.29 is 4.42 Å². The summed E-state index contributed by atoms with van der Waals surface area (Å²) in [4.78, 5) is 15.1. The van der Waals surface area contributed by atoms with Gasteiger partial charge in [-0.25, -0.2) is 4.79 Å². The first kappa shape index (κ1) is 13.8. The zero-order valence-corrected chi connectivity index (χ0v) is 13.5. The van der Waals surface area contributed by atoms with E-state index in [9.17, 15) is 4.79 Å². The Hall–Kier alpha value is -2.55. The number of anilines is 1. The van der Waals surface area contributed by atoms with Crippen LogP contribution in [0.5, 0.6) is 0 Å². The van der Waals surface area contributed by atoms with Crippen LogP contribution in [0.2, 0.25) is 0 Å². The van der Waals surface area contributed by atoms with Gasteiger partial charge in [-0.3, -0.25) is 0 Å². The zero-order valence-electron chi connectivity index (χ0n) is 13.5. The fourth-order valence-corrected chi connectivity index (χ4v) is 4.26. The molecule has 2 aliphatic heterocycles. The van der Waals surface area contributed by atoms with Crippen molar-refractivity contribution in [2.45, 2.75) is 25.7 Å². The quantitative estimate of drug-likeness (QED) is 0.632. The second-order valence-corrected chi connectivity index (χ2v) is 6.79. The van der Waals surface area contributed by atoms with Gasteiger partial charge in [0, 0.05) is 29.7 Å². The lowest BCUT2D eigenvalue weighted by Crippen LogP contribution is -2.34. The Morgan fingerprint density at radius 3 is 2.58 bits per heavy atom. The lowest BCUT2D eigenvalue weighted by atomic mass is 9.89. The van der Waals surface area contributed by atoms with Gasteiger partial charge >= 0.3 is 5.63 Å². The van der Waals surface area contributed by atoms with Crippen LogP contribution in [0.25, 0.3) is 22.1 Å². The normalized spacial score (nSPS) is 16.2. The van der Waals surface area contributed by atoms with Crippen molar-refractivity contribution in [2.75, 3.05) is 18.0 Å². The van der Waals surface area contributed by atoms with Gasteiger partial charge in [0.2, 0.25) is 0 Å². The van der Waals surface area contributed by atoms with E-state index in [-0.39, 0.29) is 5.63 Å². The maximum Gasteiger partial charge on any atom is 0.344 e. The summed E-state index contributed by atoms with van der Waals surface area (Å²) < 4.78 is 5.84. The van der Waals surface area contributed by atoms with Crippen LogP contribution in [0.3, 0.4) is 0 Å². The second kappa shape index (κ2) is 5.23. The van der Waals surface area contributed by atoms with E-state index in [4.69, 9.17) is 4.42 Å². The van der Waals surface area contributed by atoms with Crippen molar-refractivity contribution in [3.63, 3.8) is 0 Å². The van der Waals surface area contributed by atoms with E-state index in [2.05, 4.69) is 11.0 Å². The van der Waals surface area contributed by atoms with Gasteiger partial charge in [0.1, 0.15) is 5.58 Å². The van der Waals surface area contributed by atoms with Crippen LogP contribution in [-0.2, 0) is 12.8 Å². The van der Waals surface area contributed by atoms with Crippen LogP contribution in [0.4, 0.5) is 5.69 Å². The summed E-state index contributed by atoms with van der Waals surface area (Å²) in [6.45, 7) is 2.25. The van der Waals surface area contributed by atoms with E-state index in [1.807, 2.05) is 36.4 Å². The summed E-state index contributed by atoms with van der Waals surface area (Å²) in [5.74, 6) is 0. The summed E-state index contributed by atoms with van der Waals surface area (Å²) in [6.07, 6.45) is 4.47. The van der Waals surface area contributed by atoms with Crippen LogP contribution in [-0.4, -0.2) is 13.1 Å². The minimum atomic E-state index is -0.238. The molecule has 24 heavy (non-hydrogen) atoms. The number of aryl methyl sites for hydroxylation is 2. The molecule has 0 unspecified atom stereocenters. The Morgan fingerprint density at radius 2 is 1.75 bits per heavy atom. The average Bonchev–Trinajstić information content (AvgIpc) is 2.63. The zero-order chi connectivity index (χ0) is 16.1. The highest BCUT2D eigenvalue weighted by Crippen LogP contribution is 2.40. The molecule has 5 rings (SSSR count). The Labute approximate surface area is 140 Å². The number of rotatable bonds is 1. The van der Waals surface area contributed by atoms with Crippen molar-refractivity contribution >= 4 is 16.7 Å². The molecule has 0 atom stereocenters. The summed E-state index contributed by atoms with van der Waals surface area (Å²) in [5.41, 5.74) is 6.12. The van der Waals surface area contributed by atoms with Gasteiger partial charge in [-0.05, 0) is 48.9 Å². The predicted molar refractivity (Wildman–Crippen MR) is 96.8 cm³/mol. The highest BCUT2D eigenvalue weighted by Gasteiger charge is 2.27. The van der Waals surface area contributed by atoms with Crippen LogP contribution < -0.4 is 10.5 Å². The SMILES string of the molecule is O=c1oc2c3c4c(cc2cc1-c1ccccc1)CCCN4CCC3. The van der Waals surface area contributed by atoms with Gasteiger partial charge < -0.3 is 9.32 Å². The maximum absolute atomic E-state index is 12.6. The van der Waals surface area contributed by atoms with Crippen molar-refractivity contribution in [1.82, 2.24) is 0 Å². The second-order valence-electron chi connectivity index (χ2n) is 6.79. The highest BCUT2D eigenvalue weighted by atomic mass is 16.4. The first-order chi connectivity index (χ1) is 11.8. The molecule has 120 valence electrons. The van der Waals surface area contributed by atoms with Crippen molar-refractivity contribution in [3.8, 4) is 11.1 Å². The molecule has 0 bridgehead atoms. The molecule has 0 spiro atoms. The highest BCUT2D eigenvalue weighted by molar-refractivity contribution is 5.90. The van der Waals surface area contributed by atoms with E-state index in [0.29, 0.717) is 5.56 Å². The Balaban J connectivity index is 1.80. The van der Waals surface area contributed by atoms with Crippen LogP contribution in [0, 0.1) is 0 Å². The monoisotopic (exact) mass is 317 g/mol. The van der Waals surface area contributed by atoms with E-state index in [1.165, 1.54) is 23.2 Å². The Morgan fingerprint density at radius 1 is 0.958 bits per heavy atom. The summed E-state index contributed by atoms with van der Waals surface area (Å²) in [7, 11) is 0. The third-order valence-electron chi connectivity index (χ3n) is 5.30. The standard InChI is InChI=1S/C21H19NO2/c23-21-18(14-6-2-1-3-7-14)13-16-12-15-8-4-10-22-11-5-9-17(19(15)22)20(16)24-21/h1-3,6-7,12-13H,4-5,8-11H2. The largest absolute Gasteiger partial charge is 0.422 e. The first-order valence-corrected chi connectivity index (χ1v) is 8.74. The third-order valence-corrected chi connectivity index (χ3v) is 5.30. The lowest BCUT2D eigenvalue weighted by molar-refractivity contribution is 0.552. The number of hydrogen-bond donors (Lipinski definition) is 0. The summed E-state index contributed by atoms with van der Waals surface area (Å²) in [5, 5.41) is 1.06. The fraction of sp³-hybridized carbons (Fsp3) is 0.286. The van der Waals surface area contributed by atoms with Gasteiger partial charge in [-0.2, -0.15) is 0 Å². The molecule has 0 fully saturated rings. The fourth-order valence-electron chi connectivity index (χ4n) is 4.26. The number of nitrogens with zero attached hydrogens (tertiary/aromatic N) is 1. The third kappa shape index (κ3) is 2.01. The molecule has 0 amide bonds. The molecule has 2 aliphatic rings. The summed E-state index contributed by atoms with van der Waals surface area (Å²) in [6, 6.07) is 14.0. The van der Waals surface area contributed by atoms with E-state index >= 15 is 0 Å². The molecular weight excluding hydrogens is 298 g/mol. The minimum Gasteiger partial charge on any atom is -0.422 e. The Bertz CT molecular complexity index is 986. The van der Waals surface area contributed by atoms with Gasteiger partial charge in [0.15, 0.2) is 0 Å². The van der Waals surface area contributed by atoms with Crippen molar-refractivity contribution in [3.05, 3.63) is 64.0 Å². The molecule has 3 nitrogen and oxygen atoms in total. The van der Waals surface area contributed by atoms with Gasteiger partial charge in [0.25, 0.3) is 0 Å². The molecule has 0 N–H and O–H groups in total. The van der Waals surface area contributed by atoms with Crippen LogP contribution in [0.15, 0.2) is 51.7 Å². The lowest BCUT2D eigenvalue weighted by Gasteiger charge is -2.37. The van der Waals surface area contributed by atoms with Gasteiger partial charge in [-0.1, -0.05) is 30.3 Å². The maximum atomic E-state index is 12.6. The molecule has 3 heterocycles. The van der Waals surface area contributed by atoms with Crippen molar-refractivity contribution in [2.24, 2.45) is 0 Å². The molecule has 3 aromatic rings. The molecule has 0 saturated heterocycles. The molecular formula is C21H19NO2. The molecule has 2 aromatic carbocycles. The number of benzene rings is 2. The van der Waals surface area contributed by atoms with Gasteiger partial charge in [0.05, 0.1) is 5.56 Å². The minimum absolute atomic E-state index is 0.238. The van der Waals surface area contributed by atoms with Gasteiger partial charge in [-0.15, -0.1) is 0 Å². The topological polar surface area (TPSA) is 33.5 Å². The Kier molecular flexibility index (Phi) is 3.02. The molecule has 1 aromatic heterocycles. The number of fused-ring (bicyclic) bond motifs is 2. The first-order valence-electron chi connectivity index (χ1n) is 8.74. The van der Waals surface area contributed by atoms with E-state index in [0.717, 1.165) is 48.9 Å². The molecule has 0 radical (unpaired) electrons. The number of hydrogen-bond acceptors (Lipinski definition) is 3. The molecule has 3 heteroatoms. The van der Waals surface area contributed by atoms with Crippen molar-refractivity contribution in [1.29, 1.82) is 0 Å². The van der Waals surface area contributed by atoms with E-state index in [1.54, 1.807) is 0 Å². The predicted octanol–water partition coefficient (Wildman–Crippen LogP) is 4.16. The smallest absolute Gasteiger partial charge is 0.344 e. The molecule has 0 aliphatic carbocycles. The van der Waals surface area contributed by atoms with Crippen LogP contribution in [0.1, 0.15) is 24.0 Å².